The Balaban J connectivity index is 1.44. The Morgan fingerprint density at radius 2 is 1.91 bits per heavy atom. The van der Waals surface area contributed by atoms with Gasteiger partial charge >= 0.3 is 0 Å². The molecular weight excluding hydrogens is 472 g/mol. The number of sulfonamides is 1. The fraction of sp³-hybridized carbons (Fsp3) is 0.227. The van der Waals surface area contributed by atoms with Gasteiger partial charge in [-0.3, -0.25) is 9.10 Å². The van der Waals surface area contributed by atoms with Crippen LogP contribution in [0.15, 0.2) is 76.2 Å². The fourth-order valence-corrected chi connectivity index (χ4v) is 5.59. The maximum atomic E-state index is 13.3. The van der Waals surface area contributed by atoms with E-state index >= 15 is 0 Å². The fourth-order valence-electron chi connectivity index (χ4n) is 3.23. The van der Waals surface area contributed by atoms with Crippen molar-refractivity contribution in [1.29, 1.82) is 0 Å². The van der Waals surface area contributed by atoms with Crippen molar-refractivity contribution >= 4 is 45.0 Å². The lowest BCUT2D eigenvalue weighted by Gasteiger charge is -2.34. The van der Waals surface area contributed by atoms with Crippen LogP contribution in [0.4, 0.5) is 5.69 Å². The highest BCUT2D eigenvalue weighted by Crippen LogP contribution is 2.36. The monoisotopic (exact) mass is 492 g/mol. The number of amides is 1. The van der Waals surface area contributed by atoms with Crippen LogP contribution >= 0.6 is 23.4 Å². The maximum Gasteiger partial charge on any atom is 0.264 e. The minimum absolute atomic E-state index is 0.0899. The number of fused-ring (bicyclic) bond motifs is 1. The van der Waals surface area contributed by atoms with E-state index in [1.807, 2.05) is 12.1 Å². The van der Waals surface area contributed by atoms with Gasteiger partial charge in [-0.2, -0.15) is 11.8 Å². The topological polar surface area (TPSA) is 88.9 Å². The van der Waals surface area contributed by atoms with Crippen molar-refractivity contribution in [2.45, 2.75) is 16.8 Å². The van der Waals surface area contributed by atoms with E-state index in [9.17, 15) is 13.2 Å². The number of hydrogen-bond donors (Lipinski definition) is 1. The zero-order chi connectivity index (χ0) is 22.6. The minimum atomic E-state index is -3.91. The second kappa shape index (κ2) is 9.89. The number of benzene rings is 2. The number of halogens is 1. The first-order valence-corrected chi connectivity index (χ1v) is 12.8. The quantitative estimate of drug-likeness (QED) is 0.479. The van der Waals surface area contributed by atoms with Crippen molar-refractivity contribution in [3.63, 3.8) is 0 Å². The third-order valence-electron chi connectivity index (χ3n) is 4.80. The summed E-state index contributed by atoms with van der Waals surface area (Å²) in [5.74, 6) is 2.24. The first-order chi connectivity index (χ1) is 15.4. The number of nitrogens with one attached hydrogen (secondary N) is 1. The van der Waals surface area contributed by atoms with Crippen LogP contribution in [-0.2, 0) is 20.6 Å². The zero-order valence-corrected chi connectivity index (χ0v) is 19.3. The smallest absolute Gasteiger partial charge is 0.264 e. The van der Waals surface area contributed by atoms with Crippen LogP contribution in [0.5, 0.6) is 5.75 Å². The third-order valence-corrected chi connectivity index (χ3v) is 7.83. The number of ether oxygens (including phenoxy) is 1. The number of carbonyl (C=O) groups is 1. The van der Waals surface area contributed by atoms with Gasteiger partial charge in [-0.05, 0) is 48.5 Å². The molecule has 3 aromatic rings. The number of furan rings is 1. The number of hydrogen-bond acceptors (Lipinski definition) is 6. The first kappa shape index (κ1) is 22.6. The Morgan fingerprint density at radius 1 is 1.12 bits per heavy atom. The Morgan fingerprint density at radius 3 is 2.66 bits per heavy atom. The number of thioether (sulfide) groups is 1. The van der Waals surface area contributed by atoms with E-state index in [1.54, 1.807) is 42.3 Å². The molecule has 10 heteroatoms. The van der Waals surface area contributed by atoms with Gasteiger partial charge in [0.05, 0.1) is 29.1 Å². The number of rotatable bonds is 8. The van der Waals surface area contributed by atoms with E-state index in [2.05, 4.69) is 5.32 Å². The molecule has 1 atom stereocenters. The number of carbonyl (C=O) groups excluding carboxylic acids is 1. The summed E-state index contributed by atoms with van der Waals surface area (Å²) in [5, 5.41) is 3.27. The molecule has 0 saturated heterocycles. The predicted octanol–water partition coefficient (Wildman–Crippen LogP) is 3.94. The molecule has 1 aliphatic rings. The summed E-state index contributed by atoms with van der Waals surface area (Å²) < 4.78 is 39.0. The molecule has 0 saturated carbocycles. The van der Waals surface area contributed by atoms with Gasteiger partial charge in [-0.15, -0.1) is 0 Å². The summed E-state index contributed by atoms with van der Waals surface area (Å²) in [6.45, 7) is 0.295. The van der Waals surface area contributed by atoms with Crippen molar-refractivity contribution in [2.75, 3.05) is 23.1 Å². The average molecular weight is 493 g/mol. The molecule has 1 aromatic heterocycles. The largest absolute Gasteiger partial charge is 0.476 e. The van der Waals surface area contributed by atoms with Gasteiger partial charge in [-0.1, -0.05) is 23.7 Å². The van der Waals surface area contributed by atoms with Crippen molar-refractivity contribution in [3.05, 3.63) is 77.7 Å². The first-order valence-electron chi connectivity index (χ1n) is 9.87. The van der Waals surface area contributed by atoms with E-state index in [0.717, 1.165) is 5.76 Å². The van der Waals surface area contributed by atoms with E-state index in [1.165, 1.54) is 28.6 Å². The summed E-state index contributed by atoms with van der Waals surface area (Å²) in [6, 6.07) is 16.4. The Bertz CT molecular complexity index is 1170. The van der Waals surface area contributed by atoms with Gasteiger partial charge < -0.3 is 14.5 Å². The van der Waals surface area contributed by atoms with Crippen molar-refractivity contribution < 1.29 is 22.4 Å². The van der Waals surface area contributed by atoms with Gasteiger partial charge in [0.25, 0.3) is 15.9 Å². The molecular formula is C22H21ClN2O5S2. The maximum absolute atomic E-state index is 13.3. The molecule has 2 aromatic carbocycles. The SMILES string of the molecule is O=C(NCCSCc1ccco1)[C@H]1CN(S(=O)(=O)c2ccc(Cl)cc2)c2ccccc2O1. The van der Waals surface area contributed by atoms with Crippen LogP contribution in [0.2, 0.25) is 5.02 Å². The molecule has 168 valence electrons. The Kier molecular flexibility index (Phi) is 6.98. The van der Waals surface area contributed by atoms with Crippen molar-refractivity contribution in [2.24, 2.45) is 0 Å². The highest BCUT2D eigenvalue weighted by atomic mass is 35.5. The zero-order valence-electron chi connectivity index (χ0n) is 16.9. The Labute approximate surface area is 195 Å². The normalized spacial score (nSPS) is 15.7. The molecule has 1 aliphatic heterocycles. The molecule has 4 rings (SSSR count). The van der Waals surface area contributed by atoms with Crippen LogP contribution in [0, 0.1) is 0 Å². The van der Waals surface area contributed by atoms with Gasteiger partial charge in [0.2, 0.25) is 0 Å². The Hall–Kier alpha value is -2.62. The molecule has 0 fully saturated rings. The van der Waals surface area contributed by atoms with Gasteiger partial charge in [0.15, 0.2) is 6.10 Å². The van der Waals surface area contributed by atoms with Gasteiger partial charge in [-0.25, -0.2) is 8.42 Å². The third kappa shape index (κ3) is 5.06. The van der Waals surface area contributed by atoms with E-state index in [-0.39, 0.29) is 17.3 Å². The highest BCUT2D eigenvalue weighted by Gasteiger charge is 2.37. The summed E-state index contributed by atoms with van der Waals surface area (Å²) in [5.41, 5.74) is 0.389. The highest BCUT2D eigenvalue weighted by molar-refractivity contribution is 7.98. The number of para-hydroxylation sites is 2. The summed E-state index contributed by atoms with van der Waals surface area (Å²) in [6.07, 6.45) is 0.654. The van der Waals surface area contributed by atoms with Crippen molar-refractivity contribution in [3.8, 4) is 5.75 Å². The molecule has 7 nitrogen and oxygen atoms in total. The molecule has 0 aliphatic carbocycles. The molecule has 0 spiro atoms. The van der Waals surface area contributed by atoms with E-state index in [0.29, 0.717) is 34.5 Å². The second-order valence-corrected chi connectivity index (χ2v) is 10.4. The number of anilines is 1. The van der Waals surface area contributed by atoms with Gasteiger partial charge in [0.1, 0.15) is 11.5 Å². The summed E-state index contributed by atoms with van der Waals surface area (Å²) in [4.78, 5) is 12.8. The van der Waals surface area contributed by atoms with Crippen LogP contribution in [-0.4, -0.2) is 39.3 Å². The molecule has 2 heterocycles. The lowest BCUT2D eigenvalue weighted by molar-refractivity contribution is -0.127. The molecule has 0 bridgehead atoms. The lowest BCUT2D eigenvalue weighted by atomic mass is 10.2. The number of nitrogens with zero attached hydrogens (tertiary/aromatic N) is 1. The van der Waals surface area contributed by atoms with Crippen LogP contribution in [0.25, 0.3) is 0 Å². The second-order valence-electron chi connectivity index (χ2n) is 6.99. The molecule has 0 unspecified atom stereocenters. The standard InChI is InChI=1S/C22H21ClN2O5S2/c23-16-7-9-18(10-8-16)32(27,28)25-14-21(30-20-6-2-1-5-19(20)25)22(26)24-11-13-31-15-17-4-3-12-29-17/h1-10,12,21H,11,13-15H2,(H,24,26)/t21-/m1/s1. The molecule has 1 N–H and O–H groups in total. The van der Waals surface area contributed by atoms with E-state index < -0.39 is 16.1 Å². The lowest BCUT2D eigenvalue weighted by Crippen LogP contribution is -2.51. The summed E-state index contributed by atoms with van der Waals surface area (Å²) in [7, 11) is -3.91. The van der Waals surface area contributed by atoms with Crippen LogP contribution in [0.1, 0.15) is 5.76 Å². The van der Waals surface area contributed by atoms with Gasteiger partial charge in [0, 0.05) is 17.3 Å². The average Bonchev–Trinajstić information content (AvgIpc) is 3.32. The summed E-state index contributed by atoms with van der Waals surface area (Å²) >= 11 is 7.53. The van der Waals surface area contributed by atoms with Crippen molar-refractivity contribution in [1.82, 2.24) is 5.32 Å². The van der Waals surface area contributed by atoms with Crippen LogP contribution in [0.3, 0.4) is 0 Å². The molecule has 32 heavy (non-hydrogen) atoms. The minimum Gasteiger partial charge on any atom is -0.476 e. The van der Waals surface area contributed by atoms with Crippen LogP contribution < -0.4 is 14.4 Å². The molecule has 0 radical (unpaired) electrons. The predicted molar refractivity (Wildman–Crippen MR) is 125 cm³/mol. The molecule has 1 amide bonds. The van der Waals surface area contributed by atoms with E-state index in [4.69, 9.17) is 20.8 Å².